The number of anilines is 1. The summed E-state index contributed by atoms with van der Waals surface area (Å²) in [6, 6.07) is 28.0. The minimum absolute atomic E-state index is 0.210. The van der Waals surface area contributed by atoms with Gasteiger partial charge in [-0.15, -0.1) is 0 Å². The van der Waals surface area contributed by atoms with Crippen molar-refractivity contribution < 1.29 is 14.4 Å². The molecule has 3 rings (SSSR count). The average molecular weight is 542 g/mol. The molecule has 0 heterocycles. The average Bonchev–Trinajstić information content (AvgIpc) is 2.91. The summed E-state index contributed by atoms with van der Waals surface area (Å²) in [5.41, 5.74) is 9.26. The molecule has 0 fully saturated rings. The zero-order valence-electron chi connectivity index (χ0n) is 23.9. The zero-order chi connectivity index (χ0) is 29.1. The number of rotatable bonds is 13. The third-order valence-electron chi connectivity index (χ3n) is 6.45. The van der Waals surface area contributed by atoms with Gasteiger partial charge in [-0.05, 0) is 56.0 Å². The van der Waals surface area contributed by atoms with Gasteiger partial charge in [0.2, 0.25) is 17.7 Å². The van der Waals surface area contributed by atoms with E-state index < -0.39 is 29.3 Å². The van der Waals surface area contributed by atoms with E-state index in [9.17, 15) is 14.4 Å². The number of carbonyl (C=O) groups is 3. The Morgan fingerprint density at radius 2 is 1.35 bits per heavy atom. The monoisotopic (exact) mass is 541 g/mol. The van der Waals surface area contributed by atoms with Gasteiger partial charge in [-0.25, -0.2) is 0 Å². The molecular weight excluding hydrogens is 500 g/mol. The lowest BCUT2D eigenvalue weighted by molar-refractivity contribution is -0.128. The Bertz CT molecular complexity index is 1200. The van der Waals surface area contributed by atoms with E-state index in [1.807, 2.05) is 69.3 Å². The van der Waals surface area contributed by atoms with Crippen LogP contribution in [-0.2, 0) is 33.9 Å². The lowest BCUT2D eigenvalue weighted by atomic mass is 10.0. The Balaban J connectivity index is 1.76. The molecule has 0 aliphatic heterocycles. The number of amides is 3. The summed E-state index contributed by atoms with van der Waals surface area (Å²) in [4.78, 5) is 39.4. The summed E-state index contributed by atoms with van der Waals surface area (Å²) in [5.74, 6) is -1.61. The van der Waals surface area contributed by atoms with Gasteiger partial charge in [-0.3, -0.25) is 14.4 Å². The standard InChI is InChI=1S/C33H41N4O3/c1-24(31(34)39)15-20-30(38)35-29(32(40)36-33(2,3)4)21-25-16-18-28(19-17-25)37(22-26-11-7-5-8-12-26)23-27-13-9-6-10-14-27/h5-14,16-20,24,29H,15,21-23H2,1-4H3,(H2,34,39)(H,35,38)(H,36,40). The van der Waals surface area contributed by atoms with E-state index in [1.165, 1.54) is 17.5 Å². The van der Waals surface area contributed by atoms with Crippen molar-refractivity contribution >= 4 is 23.4 Å². The van der Waals surface area contributed by atoms with Gasteiger partial charge in [0.15, 0.2) is 0 Å². The highest BCUT2D eigenvalue weighted by Crippen LogP contribution is 2.22. The van der Waals surface area contributed by atoms with E-state index >= 15 is 0 Å². The van der Waals surface area contributed by atoms with Crippen LogP contribution in [0.4, 0.5) is 5.69 Å². The first kappa shape index (κ1) is 30.4. The Morgan fingerprint density at radius 1 is 0.825 bits per heavy atom. The summed E-state index contributed by atoms with van der Waals surface area (Å²) in [7, 11) is 0. The number of benzene rings is 3. The van der Waals surface area contributed by atoms with E-state index in [-0.39, 0.29) is 12.3 Å². The van der Waals surface area contributed by atoms with E-state index in [0.29, 0.717) is 6.42 Å². The Morgan fingerprint density at radius 3 is 1.82 bits per heavy atom. The van der Waals surface area contributed by atoms with E-state index in [0.717, 1.165) is 24.3 Å². The third kappa shape index (κ3) is 10.2. The molecule has 0 aromatic heterocycles. The van der Waals surface area contributed by atoms with Crippen molar-refractivity contribution in [1.82, 2.24) is 10.6 Å². The highest BCUT2D eigenvalue weighted by Gasteiger charge is 2.25. The fourth-order valence-corrected chi connectivity index (χ4v) is 4.22. The third-order valence-corrected chi connectivity index (χ3v) is 6.45. The van der Waals surface area contributed by atoms with Crippen molar-refractivity contribution in [2.24, 2.45) is 11.7 Å². The number of nitrogens with one attached hydrogen (secondary N) is 2. The molecule has 0 spiro atoms. The largest absolute Gasteiger partial charge is 0.369 e. The van der Waals surface area contributed by atoms with Crippen LogP contribution in [0.15, 0.2) is 84.9 Å². The number of hydrogen-bond acceptors (Lipinski definition) is 4. The molecule has 3 amide bonds. The Hall–Kier alpha value is -4.13. The molecule has 0 saturated carbocycles. The summed E-state index contributed by atoms with van der Waals surface area (Å²) >= 11 is 0. The van der Waals surface area contributed by atoms with Gasteiger partial charge in [-0.2, -0.15) is 0 Å². The van der Waals surface area contributed by atoms with Crippen molar-refractivity contribution in [2.75, 3.05) is 4.90 Å². The number of nitrogens with zero attached hydrogens (tertiary/aromatic N) is 1. The number of nitrogens with two attached hydrogens (primary N) is 1. The normalized spacial score (nSPS) is 12.7. The van der Waals surface area contributed by atoms with Gasteiger partial charge in [0.1, 0.15) is 6.04 Å². The predicted octanol–water partition coefficient (Wildman–Crippen LogP) is 4.55. The van der Waals surface area contributed by atoms with Crippen LogP contribution in [0.2, 0.25) is 0 Å². The molecule has 1 radical (unpaired) electrons. The number of carbonyl (C=O) groups excluding carboxylic acids is 3. The van der Waals surface area contributed by atoms with Gasteiger partial charge in [0.25, 0.3) is 0 Å². The fourth-order valence-electron chi connectivity index (χ4n) is 4.22. The first-order valence-electron chi connectivity index (χ1n) is 13.7. The minimum atomic E-state index is -0.776. The van der Waals surface area contributed by atoms with Crippen LogP contribution in [-0.4, -0.2) is 29.3 Å². The van der Waals surface area contributed by atoms with Crippen molar-refractivity contribution in [3.63, 3.8) is 0 Å². The molecule has 0 aliphatic rings. The molecule has 4 N–H and O–H groups in total. The molecule has 3 aromatic carbocycles. The summed E-state index contributed by atoms with van der Waals surface area (Å²) in [6.07, 6.45) is 1.91. The van der Waals surface area contributed by atoms with Gasteiger partial charge < -0.3 is 21.3 Å². The van der Waals surface area contributed by atoms with E-state index in [1.54, 1.807) is 6.92 Å². The Kier molecular flexibility index (Phi) is 10.9. The maximum absolute atomic E-state index is 13.1. The maximum Gasteiger partial charge on any atom is 0.243 e. The van der Waals surface area contributed by atoms with Crippen molar-refractivity contribution in [1.29, 1.82) is 0 Å². The molecule has 7 nitrogen and oxygen atoms in total. The van der Waals surface area contributed by atoms with Gasteiger partial charge in [0.05, 0.1) is 6.42 Å². The maximum atomic E-state index is 13.1. The number of primary amides is 1. The second kappa shape index (κ2) is 14.3. The second-order valence-corrected chi connectivity index (χ2v) is 11.2. The summed E-state index contributed by atoms with van der Waals surface area (Å²) < 4.78 is 0. The Labute approximate surface area is 238 Å². The molecule has 40 heavy (non-hydrogen) atoms. The van der Waals surface area contributed by atoms with Gasteiger partial charge >= 0.3 is 0 Å². The zero-order valence-corrected chi connectivity index (χ0v) is 23.9. The molecule has 3 aromatic rings. The molecular formula is C33H41N4O3. The summed E-state index contributed by atoms with van der Waals surface area (Å²) in [6.45, 7) is 8.85. The van der Waals surface area contributed by atoms with Crippen molar-refractivity contribution in [3.8, 4) is 0 Å². The first-order chi connectivity index (χ1) is 19.0. The van der Waals surface area contributed by atoms with E-state index in [4.69, 9.17) is 5.73 Å². The smallest absolute Gasteiger partial charge is 0.243 e. The molecule has 2 unspecified atom stereocenters. The summed E-state index contributed by atoms with van der Waals surface area (Å²) in [5, 5.41) is 5.78. The molecule has 0 saturated heterocycles. The first-order valence-corrected chi connectivity index (χ1v) is 13.7. The predicted molar refractivity (Wildman–Crippen MR) is 160 cm³/mol. The lowest BCUT2D eigenvalue weighted by Gasteiger charge is -2.27. The minimum Gasteiger partial charge on any atom is -0.369 e. The van der Waals surface area contributed by atoms with Crippen LogP contribution < -0.4 is 21.3 Å². The second-order valence-electron chi connectivity index (χ2n) is 11.2. The molecule has 2 atom stereocenters. The molecule has 7 heteroatoms. The fraction of sp³-hybridized carbons (Fsp3) is 0.333. The van der Waals surface area contributed by atoms with E-state index in [2.05, 4.69) is 51.9 Å². The van der Waals surface area contributed by atoms with Crippen LogP contribution in [0.25, 0.3) is 0 Å². The van der Waals surface area contributed by atoms with Crippen molar-refractivity contribution in [2.45, 2.75) is 65.2 Å². The highest BCUT2D eigenvalue weighted by atomic mass is 16.2. The van der Waals surface area contributed by atoms with Crippen LogP contribution in [0, 0.1) is 12.3 Å². The van der Waals surface area contributed by atoms with Crippen LogP contribution >= 0.6 is 0 Å². The molecule has 211 valence electrons. The van der Waals surface area contributed by atoms with Gasteiger partial charge in [-0.1, -0.05) is 79.7 Å². The molecule has 0 bridgehead atoms. The lowest BCUT2D eigenvalue weighted by Crippen LogP contribution is -2.53. The van der Waals surface area contributed by atoms with Gasteiger partial charge in [0, 0.05) is 36.7 Å². The SMILES string of the molecule is CC(C[CH]C(=O)NC(Cc1ccc(N(Cc2ccccc2)Cc2ccccc2)cc1)C(=O)NC(C)(C)C)C(N)=O. The van der Waals surface area contributed by atoms with Crippen LogP contribution in [0.1, 0.15) is 50.8 Å². The van der Waals surface area contributed by atoms with Crippen LogP contribution in [0.5, 0.6) is 0 Å². The highest BCUT2D eigenvalue weighted by molar-refractivity contribution is 5.92. The van der Waals surface area contributed by atoms with Crippen LogP contribution in [0.3, 0.4) is 0 Å². The quantitative estimate of drug-likeness (QED) is 0.295. The topological polar surface area (TPSA) is 105 Å². The number of hydrogen-bond donors (Lipinski definition) is 3. The molecule has 0 aliphatic carbocycles. The van der Waals surface area contributed by atoms with Crippen molar-refractivity contribution in [3.05, 3.63) is 108 Å².